The highest BCUT2D eigenvalue weighted by Gasteiger charge is 2.40. The number of hydrogen-bond donors (Lipinski definition) is 1. The first-order valence-electron chi connectivity index (χ1n) is 14.7. The SMILES string of the molecule is CCO[Si](CCCOC[C@@H](OC)[C@@H](OC)[C@H](Cn1c2nc(=O)[nH]c(=O)c-2nc2cc(C)c(C)cc21)OC)(OCC)OCC. The Morgan fingerprint density at radius 1 is 0.884 bits per heavy atom. The predicted molar refractivity (Wildman–Crippen MR) is 164 cm³/mol. The van der Waals surface area contributed by atoms with Gasteiger partial charge in [0.2, 0.25) is 0 Å². The number of aryl methyl sites for hydroxylation is 2. The molecule has 0 spiro atoms. The van der Waals surface area contributed by atoms with Crippen LogP contribution in [0.5, 0.6) is 0 Å². The monoisotopic (exact) mass is 622 g/mol. The first-order valence-corrected chi connectivity index (χ1v) is 16.6. The number of nitrogens with one attached hydrogen (secondary N) is 1. The molecular formula is C29H46N4O9Si. The maximum absolute atomic E-state index is 12.7. The van der Waals surface area contributed by atoms with E-state index in [-0.39, 0.29) is 24.7 Å². The molecule has 2 heterocycles. The van der Waals surface area contributed by atoms with E-state index >= 15 is 0 Å². The summed E-state index contributed by atoms with van der Waals surface area (Å²) < 4.78 is 43.2. The maximum Gasteiger partial charge on any atom is 0.501 e. The summed E-state index contributed by atoms with van der Waals surface area (Å²) in [6, 6.07) is 4.51. The van der Waals surface area contributed by atoms with Crippen LogP contribution in [0.4, 0.5) is 0 Å². The number of H-pyrrole nitrogens is 1. The first-order chi connectivity index (χ1) is 20.7. The molecule has 13 nitrogen and oxygen atoms in total. The highest BCUT2D eigenvalue weighted by molar-refractivity contribution is 6.60. The Morgan fingerprint density at radius 2 is 1.51 bits per heavy atom. The molecule has 1 aromatic carbocycles. The van der Waals surface area contributed by atoms with E-state index in [0.717, 1.165) is 11.1 Å². The minimum atomic E-state index is -2.75. The zero-order valence-electron chi connectivity index (χ0n) is 26.6. The van der Waals surface area contributed by atoms with Gasteiger partial charge in [0.1, 0.15) is 18.3 Å². The minimum Gasteiger partial charge on any atom is -0.379 e. The lowest BCUT2D eigenvalue weighted by Gasteiger charge is -2.32. The standard InChI is InChI=1S/C29H46N4O9Si/c1-9-40-43(41-10-2,42-11-3)14-12-13-39-18-24(37-7)26(38-8)23(36-6)17-33-22-16-20(5)19(4)15-21(22)30-25-27(33)31-29(35)32-28(25)34/h15-16,23-24,26H,9-14,17-18H2,1-8H3,(H,32,34,35)/t23-,24+,26-/m0/s1. The van der Waals surface area contributed by atoms with E-state index < -0.39 is 38.4 Å². The van der Waals surface area contributed by atoms with Gasteiger partial charge in [-0.25, -0.2) is 9.78 Å². The summed E-state index contributed by atoms with van der Waals surface area (Å²) in [7, 11) is 1.99. The highest BCUT2D eigenvalue weighted by Crippen LogP contribution is 2.26. The number of rotatable bonds is 19. The average Bonchev–Trinajstić information content (AvgIpc) is 2.97. The van der Waals surface area contributed by atoms with Crippen LogP contribution in [-0.2, 0) is 38.8 Å². The van der Waals surface area contributed by atoms with Gasteiger partial charge < -0.3 is 36.8 Å². The molecule has 1 N–H and O–H groups in total. The number of methoxy groups -OCH3 is 3. The van der Waals surface area contributed by atoms with Crippen LogP contribution in [0.15, 0.2) is 21.7 Å². The summed E-state index contributed by atoms with van der Waals surface area (Å²) in [5.74, 6) is 0.164. The quantitative estimate of drug-likeness (QED) is 0.120. The van der Waals surface area contributed by atoms with Crippen LogP contribution in [0, 0.1) is 13.8 Å². The van der Waals surface area contributed by atoms with E-state index in [0.29, 0.717) is 49.9 Å². The summed E-state index contributed by atoms with van der Waals surface area (Å²) in [4.78, 5) is 35.8. The average molecular weight is 623 g/mol. The van der Waals surface area contributed by atoms with E-state index in [9.17, 15) is 9.59 Å². The third-order valence-electron chi connectivity index (χ3n) is 7.34. The Balaban J connectivity index is 1.82. The van der Waals surface area contributed by atoms with E-state index in [1.165, 1.54) is 0 Å². The number of ether oxygens (including phenoxy) is 4. The third kappa shape index (κ3) is 8.54. The van der Waals surface area contributed by atoms with Gasteiger partial charge in [-0.2, -0.15) is 4.98 Å². The molecule has 0 aliphatic carbocycles. The molecule has 0 saturated heterocycles. The summed E-state index contributed by atoms with van der Waals surface area (Å²) in [6.45, 7) is 12.2. The Hall–Kier alpha value is -2.56. The number of benzene rings is 1. The molecule has 0 unspecified atom stereocenters. The van der Waals surface area contributed by atoms with E-state index in [2.05, 4.69) is 15.0 Å². The zero-order chi connectivity index (χ0) is 31.6. The molecule has 0 radical (unpaired) electrons. The lowest BCUT2D eigenvalue weighted by Crippen LogP contribution is -2.46. The van der Waals surface area contributed by atoms with Gasteiger partial charge in [-0.3, -0.25) is 9.78 Å². The van der Waals surface area contributed by atoms with Crippen molar-refractivity contribution in [2.75, 3.05) is 54.4 Å². The molecule has 0 aromatic heterocycles. The largest absolute Gasteiger partial charge is 0.501 e. The highest BCUT2D eigenvalue weighted by atomic mass is 28.4. The second kappa shape index (κ2) is 16.5. The van der Waals surface area contributed by atoms with Crippen molar-refractivity contribution >= 4 is 19.8 Å². The summed E-state index contributed by atoms with van der Waals surface area (Å²) in [5, 5.41) is 0. The fourth-order valence-electron chi connectivity index (χ4n) is 5.16. The van der Waals surface area contributed by atoms with Crippen molar-refractivity contribution in [1.29, 1.82) is 0 Å². The van der Waals surface area contributed by atoms with Gasteiger partial charge in [0.15, 0.2) is 11.5 Å². The van der Waals surface area contributed by atoms with E-state index in [4.69, 9.17) is 32.2 Å². The van der Waals surface area contributed by atoms with Crippen LogP contribution < -0.4 is 11.2 Å². The van der Waals surface area contributed by atoms with Crippen LogP contribution in [-0.4, -0.2) is 101 Å². The van der Waals surface area contributed by atoms with Gasteiger partial charge in [-0.1, -0.05) is 0 Å². The molecule has 0 bridgehead atoms. The van der Waals surface area contributed by atoms with Crippen molar-refractivity contribution in [2.24, 2.45) is 0 Å². The molecule has 0 amide bonds. The zero-order valence-corrected chi connectivity index (χ0v) is 27.6. The molecule has 2 aliphatic heterocycles. The van der Waals surface area contributed by atoms with E-state index in [1.54, 1.807) is 25.9 Å². The molecule has 0 fully saturated rings. The number of aromatic nitrogens is 4. The molecule has 240 valence electrons. The topological polar surface area (TPSA) is 145 Å². The Morgan fingerprint density at radius 3 is 2.09 bits per heavy atom. The van der Waals surface area contributed by atoms with Gasteiger partial charge in [-0.15, -0.1) is 0 Å². The van der Waals surface area contributed by atoms with Gasteiger partial charge in [-0.05, 0) is 64.3 Å². The van der Waals surface area contributed by atoms with Crippen molar-refractivity contribution < 1.29 is 32.2 Å². The third-order valence-corrected chi connectivity index (χ3v) is 10.5. The Bertz CT molecular complexity index is 1380. The normalized spacial score (nSPS) is 14.4. The smallest absolute Gasteiger partial charge is 0.379 e. The molecule has 0 saturated carbocycles. The summed E-state index contributed by atoms with van der Waals surface area (Å²) >= 11 is 0. The Kier molecular flexibility index (Phi) is 13.4. The number of hydrogen-bond acceptors (Lipinski definition) is 11. The van der Waals surface area contributed by atoms with Crippen molar-refractivity contribution in [1.82, 2.24) is 19.5 Å². The molecule has 14 heteroatoms. The lowest BCUT2D eigenvalue weighted by molar-refractivity contribution is -0.130. The van der Waals surface area contributed by atoms with Crippen molar-refractivity contribution in [3.63, 3.8) is 0 Å². The van der Waals surface area contributed by atoms with Crippen molar-refractivity contribution in [3.8, 4) is 11.5 Å². The van der Waals surface area contributed by atoms with Crippen LogP contribution in [0.3, 0.4) is 0 Å². The van der Waals surface area contributed by atoms with Crippen LogP contribution in [0.25, 0.3) is 22.6 Å². The number of fused-ring (bicyclic) bond motifs is 2. The fourth-order valence-corrected chi connectivity index (χ4v) is 7.74. The minimum absolute atomic E-state index is 0.0663. The lowest BCUT2D eigenvalue weighted by atomic mass is 10.1. The molecule has 2 aliphatic rings. The fraction of sp³-hybridized carbons (Fsp3) is 0.655. The Labute approximate surface area is 253 Å². The van der Waals surface area contributed by atoms with Gasteiger partial charge >= 0.3 is 14.5 Å². The maximum atomic E-state index is 12.7. The molecule has 1 aromatic rings. The van der Waals surface area contributed by atoms with E-state index in [1.807, 2.05) is 46.8 Å². The predicted octanol–water partition coefficient (Wildman–Crippen LogP) is 2.70. The molecular weight excluding hydrogens is 576 g/mol. The van der Waals surface area contributed by atoms with Crippen LogP contribution in [0.2, 0.25) is 6.04 Å². The van der Waals surface area contributed by atoms with Crippen LogP contribution in [0.1, 0.15) is 38.3 Å². The summed E-state index contributed by atoms with van der Waals surface area (Å²) in [5.41, 5.74) is 2.07. The molecule has 3 atom stereocenters. The first kappa shape index (κ1) is 34.9. The number of nitrogens with zero attached hydrogens (tertiary/aromatic N) is 3. The van der Waals surface area contributed by atoms with Gasteiger partial charge in [0.05, 0.1) is 24.2 Å². The van der Waals surface area contributed by atoms with Gasteiger partial charge in [0.25, 0.3) is 5.56 Å². The summed E-state index contributed by atoms with van der Waals surface area (Å²) in [6.07, 6.45) is -0.929. The second-order valence-corrected chi connectivity index (χ2v) is 12.8. The van der Waals surface area contributed by atoms with Crippen molar-refractivity contribution in [3.05, 3.63) is 44.1 Å². The number of aromatic amines is 1. The van der Waals surface area contributed by atoms with Crippen LogP contribution >= 0.6 is 0 Å². The van der Waals surface area contributed by atoms with Gasteiger partial charge in [0, 0.05) is 53.8 Å². The molecule has 3 rings (SSSR count). The molecule has 43 heavy (non-hydrogen) atoms. The second-order valence-electron chi connectivity index (χ2n) is 10.1. The van der Waals surface area contributed by atoms with Crippen molar-refractivity contribution in [2.45, 2.75) is 71.9 Å².